The highest BCUT2D eigenvalue weighted by Crippen LogP contribution is 2.22. The van der Waals surface area contributed by atoms with Crippen molar-refractivity contribution in [3.63, 3.8) is 0 Å². The molecule has 0 aliphatic heterocycles. The number of rotatable bonds is 9. The van der Waals surface area contributed by atoms with Crippen molar-refractivity contribution < 1.29 is 32.0 Å². The zero-order valence-electron chi connectivity index (χ0n) is 12.9. The first-order chi connectivity index (χ1) is 9.48. The van der Waals surface area contributed by atoms with E-state index in [0.29, 0.717) is 6.42 Å². The summed E-state index contributed by atoms with van der Waals surface area (Å²) < 4.78 is 39.4. The smallest absolute Gasteiger partial charge is 0.311 e. The van der Waals surface area contributed by atoms with Crippen LogP contribution in [0, 0.1) is 5.41 Å². The molecule has 8 heteroatoms. The molecule has 124 valence electrons. The van der Waals surface area contributed by atoms with Crippen LogP contribution in [0.25, 0.3) is 0 Å². The van der Waals surface area contributed by atoms with Gasteiger partial charge < -0.3 is 9.47 Å². The first-order valence-corrected chi connectivity index (χ1v) is 8.40. The van der Waals surface area contributed by atoms with E-state index in [1.165, 1.54) is 0 Å². The molecule has 1 unspecified atom stereocenters. The topological polar surface area (TPSA) is 107 Å². The lowest BCUT2D eigenvalue weighted by molar-refractivity contribution is -0.162. The van der Waals surface area contributed by atoms with Gasteiger partial charge in [0.15, 0.2) is 0 Å². The fourth-order valence-electron chi connectivity index (χ4n) is 1.25. The fraction of sp³-hybridized carbons (Fsp3) is 0.846. The molecule has 0 radical (unpaired) electrons. The Labute approximate surface area is 125 Å². The third-order valence-corrected chi connectivity index (χ3v) is 3.81. The molecule has 0 aromatic carbocycles. The number of ether oxygens (including phenoxy) is 2. The molecular weight excluding hydrogens is 300 g/mol. The van der Waals surface area contributed by atoms with Gasteiger partial charge >= 0.3 is 11.9 Å². The molecule has 0 saturated heterocycles. The van der Waals surface area contributed by atoms with E-state index >= 15 is 0 Å². The van der Waals surface area contributed by atoms with Crippen molar-refractivity contribution in [1.82, 2.24) is 0 Å². The van der Waals surface area contributed by atoms with Crippen LogP contribution in [0.5, 0.6) is 0 Å². The molecule has 0 fully saturated rings. The summed E-state index contributed by atoms with van der Waals surface area (Å²) in [4.78, 5) is 23.2. The maximum Gasteiger partial charge on any atom is 0.311 e. The van der Waals surface area contributed by atoms with E-state index < -0.39 is 33.4 Å². The van der Waals surface area contributed by atoms with E-state index in [1.54, 1.807) is 20.8 Å². The lowest BCUT2D eigenvalue weighted by Crippen LogP contribution is -2.30. The molecule has 0 amide bonds. The average molecular weight is 324 g/mol. The van der Waals surface area contributed by atoms with E-state index in [2.05, 4.69) is 0 Å². The van der Waals surface area contributed by atoms with Crippen LogP contribution < -0.4 is 0 Å². The van der Waals surface area contributed by atoms with E-state index in [-0.39, 0.29) is 25.4 Å². The Morgan fingerprint density at radius 3 is 2.33 bits per heavy atom. The molecule has 0 spiro atoms. The van der Waals surface area contributed by atoms with Crippen LogP contribution in [0.2, 0.25) is 0 Å². The molecule has 1 N–H and O–H groups in total. The lowest BCUT2D eigenvalue weighted by Gasteiger charge is -2.23. The van der Waals surface area contributed by atoms with Crippen LogP contribution in [-0.4, -0.2) is 43.4 Å². The zero-order valence-corrected chi connectivity index (χ0v) is 13.7. The molecule has 21 heavy (non-hydrogen) atoms. The summed E-state index contributed by atoms with van der Waals surface area (Å²) >= 11 is 0. The van der Waals surface area contributed by atoms with Gasteiger partial charge in [0.25, 0.3) is 10.1 Å². The molecule has 0 aromatic rings. The van der Waals surface area contributed by atoms with Crippen LogP contribution in [0.15, 0.2) is 0 Å². The second-order valence-electron chi connectivity index (χ2n) is 5.52. The Bertz CT molecular complexity index is 453. The largest absolute Gasteiger partial charge is 0.466 e. The second kappa shape index (κ2) is 8.33. The van der Waals surface area contributed by atoms with Crippen molar-refractivity contribution in [2.75, 3.05) is 12.4 Å². The normalized spacial score (nSPS) is 13.6. The van der Waals surface area contributed by atoms with Crippen molar-refractivity contribution in [3.05, 3.63) is 0 Å². The Morgan fingerprint density at radius 2 is 1.86 bits per heavy atom. The van der Waals surface area contributed by atoms with Gasteiger partial charge in [-0.15, -0.1) is 0 Å². The monoisotopic (exact) mass is 324 g/mol. The van der Waals surface area contributed by atoms with Gasteiger partial charge in [-0.2, -0.15) is 8.42 Å². The van der Waals surface area contributed by atoms with Gasteiger partial charge in [-0.3, -0.25) is 14.1 Å². The van der Waals surface area contributed by atoms with Crippen LogP contribution in [0.4, 0.5) is 0 Å². The van der Waals surface area contributed by atoms with Crippen molar-refractivity contribution in [1.29, 1.82) is 0 Å². The summed E-state index contributed by atoms with van der Waals surface area (Å²) in [5.74, 6) is -1.42. The molecule has 0 aliphatic carbocycles. The molecule has 0 aliphatic rings. The van der Waals surface area contributed by atoms with Gasteiger partial charge in [-0.05, 0) is 33.6 Å². The standard InChI is InChI=1S/C13H24O7S/c1-5-13(3,4)12(15)20-10(2)9-11(14)19-7-6-8-21(16,17)18/h10H,5-9H2,1-4H3,(H,16,17,18). The van der Waals surface area contributed by atoms with Crippen LogP contribution in [0.3, 0.4) is 0 Å². The van der Waals surface area contributed by atoms with Gasteiger partial charge in [0.2, 0.25) is 0 Å². The molecule has 0 rings (SSSR count). The van der Waals surface area contributed by atoms with Gasteiger partial charge in [0, 0.05) is 0 Å². The van der Waals surface area contributed by atoms with Gasteiger partial charge in [0.05, 0.1) is 24.2 Å². The minimum Gasteiger partial charge on any atom is -0.466 e. The highest BCUT2D eigenvalue weighted by molar-refractivity contribution is 7.85. The lowest BCUT2D eigenvalue weighted by atomic mass is 9.90. The summed E-state index contributed by atoms with van der Waals surface area (Å²) in [5, 5.41) is 0. The van der Waals surface area contributed by atoms with Crippen LogP contribution in [-0.2, 0) is 29.2 Å². The molecular formula is C13H24O7S. The second-order valence-corrected chi connectivity index (χ2v) is 7.09. The number of hydrogen-bond donors (Lipinski definition) is 1. The Hall–Kier alpha value is -1.15. The van der Waals surface area contributed by atoms with Crippen molar-refractivity contribution in [2.24, 2.45) is 5.41 Å². The first-order valence-electron chi connectivity index (χ1n) is 6.80. The third-order valence-electron chi connectivity index (χ3n) is 3.01. The first kappa shape index (κ1) is 19.9. The number of carbonyl (C=O) groups excluding carboxylic acids is 2. The Morgan fingerprint density at radius 1 is 1.29 bits per heavy atom. The maximum atomic E-state index is 11.8. The molecule has 0 saturated carbocycles. The van der Waals surface area contributed by atoms with Gasteiger partial charge in [-0.1, -0.05) is 6.92 Å². The highest BCUT2D eigenvalue weighted by atomic mass is 32.2. The van der Waals surface area contributed by atoms with Gasteiger partial charge in [0.1, 0.15) is 6.10 Å². The molecule has 0 aromatic heterocycles. The zero-order chi connectivity index (χ0) is 16.7. The van der Waals surface area contributed by atoms with E-state index in [1.807, 2.05) is 6.92 Å². The SMILES string of the molecule is CCC(C)(C)C(=O)OC(C)CC(=O)OCCCS(=O)(=O)O. The summed E-state index contributed by atoms with van der Waals surface area (Å²) in [6.45, 7) is 6.86. The molecule has 7 nitrogen and oxygen atoms in total. The van der Waals surface area contributed by atoms with E-state index in [4.69, 9.17) is 14.0 Å². The molecule has 0 bridgehead atoms. The Kier molecular flexibility index (Phi) is 7.87. The fourth-order valence-corrected chi connectivity index (χ4v) is 1.73. The molecule has 0 heterocycles. The quantitative estimate of drug-likeness (QED) is 0.389. The predicted octanol–water partition coefficient (Wildman–Crippen LogP) is 1.57. The summed E-state index contributed by atoms with van der Waals surface area (Å²) in [7, 11) is -4.04. The number of carbonyl (C=O) groups is 2. The van der Waals surface area contributed by atoms with E-state index in [9.17, 15) is 18.0 Å². The summed E-state index contributed by atoms with van der Waals surface area (Å²) in [6, 6.07) is 0. The molecule has 1 atom stereocenters. The summed E-state index contributed by atoms with van der Waals surface area (Å²) in [5.41, 5.74) is -0.604. The van der Waals surface area contributed by atoms with Crippen LogP contribution in [0.1, 0.15) is 47.0 Å². The minimum absolute atomic E-state index is 0.0155. The predicted molar refractivity (Wildman–Crippen MR) is 76.2 cm³/mol. The third kappa shape index (κ3) is 9.41. The van der Waals surface area contributed by atoms with Crippen molar-refractivity contribution >= 4 is 22.1 Å². The summed E-state index contributed by atoms with van der Waals surface area (Å²) in [6.07, 6.45) is -0.0742. The average Bonchev–Trinajstić information content (AvgIpc) is 2.33. The van der Waals surface area contributed by atoms with E-state index in [0.717, 1.165) is 0 Å². The van der Waals surface area contributed by atoms with Crippen molar-refractivity contribution in [3.8, 4) is 0 Å². The van der Waals surface area contributed by atoms with Crippen LogP contribution >= 0.6 is 0 Å². The maximum absolute atomic E-state index is 11.8. The highest BCUT2D eigenvalue weighted by Gasteiger charge is 2.29. The number of hydrogen-bond acceptors (Lipinski definition) is 6. The number of esters is 2. The van der Waals surface area contributed by atoms with Gasteiger partial charge in [-0.25, -0.2) is 0 Å². The Balaban J connectivity index is 4.03. The minimum atomic E-state index is -4.04. The van der Waals surface area contributed by atoms with Crippen molar-refractivity contribution in [2.45, 2.75) is 53.1 Å².